The second-order valence-electron chi connectivity index (χ2n) is 4.92. The van der Waals surface area contributed by atoms with Gasteiger partial charge in [-0.3, -0.25) is 0 Å². The highest BCUT2D eigenvalue weighted by Crippen LogP contribution is 2.36. The monoisotopic (exact) mass is 348 g/mol. The summed E-state index contributed by atoms with van der Waals surface area (Å²) in [6.07, 6.45) is 0.174. The van der Waals surface area contributed by atoms with Crippen LogP contribution < -0.4 is 0 Å². The van der Waals surface area contributed by atoms with E-state index >= 15 is 0 Å². The van der Waals surface area contributed by atoms with Gasteiger partial charge < -0.3 is 0 Å². The molecule has 0 saturated heterocycles. The van der Waals surface area contributed by atoms with E-state index in [1.165, 1.54) is 12.1 Å². The number of benzene rings is 2. The molecule has 0 saturated carbocycles. The molecule has 0 aliphatic heterocycles. The molecule has 0 aromatic heterocycles. The van der Waals surface area contributed by atoms with Crippen molar-refractivity contribution in [2.45, 2.75) is 11.8 Å². The van der Waals surface area contributed by atoms with E-state index in [9.17, 15) is 8.78 Å². The summed E-state index contributed by atoms with van der Waals surface area (Å²) in [4.78, 5) is 0. The quantitative estimate of drug-likeness (QED) is 0.618. The molecule has 2 rings (SSSR count). The zero-order valence-electron chi connectivity index (χ0n) is 11.1. The summed E-state index contributed by atoms with van der Waals surface area (Å²) < 4.78 is 27.3. The standard InChI is InChI=1S/C16H13Cl3F2/c17-9-16(10-18,12-5-1-2-6-13(12)19)8-11-4-3-7-14(20)15(11)21/h1-7H,8-10H2. The van der Waals surface area contributed by atoms with Crippen LogP contribution in [-0.2, 0) is 11.8 Å². The zero-order chi connectivity index (χ0) is 15.5. The molecule has 112 valence electrons. The molecule has 0 unspecified atom stereocenters. The first-order chi connectivity index (χ1) is 10.0. The molecule has 0 N–H and O–H groups in total. The van der Waals surface area contributed by atoms with Gasteiger partial charge in [0.05, 0.1) is 0 Å². The van der Waals surface area contributed by atoms with Crippen molar-refractivity contribution >= 4 is 34.8 Å². The predicted molar refractivity (Wildman–Crippen MR) is 84.6 cm³/mol. The van der Waals surface area contributed by atoms with Gasteiger partial charge in [-0.2, -0.15) is 0 Å². The molecule has 0 fully saturated rings. The normalized spacial score (nSPS) is 11.7. The molecule has 0 radical (unpaired) electrons. The fourth-order valence-corrected chi connectivity index (χ4v) is 3.41. The summed E-state index contributed by atoms with van der Waals surface area (Å²) in [6, 6.07) is 11.2. The maximum atomic E-state index is 13.9. The molecule has 5 heteroatoms. The van der Waals surface area contributed by atoms with Crippen LogP contribution in [0.25, 0.3) is 0 Å². The van der Waals surface area contributed by atoms with Crippen LogP contribution in [0.15, 0.2) is 42.5 Å². The first-order valence-corrected chi connectivity index (χ1v) is 7.78. The van der Waals surface area contributed by atoms with Gasteiger partial charge in [-0.25, -0.2) is 8.78 Å². The minimum atomic E-state index is -0.885. The number of alkyl halides is 2. The van der Waals surface area contributed by atoms with E-state index in [0.29, 0.717) is 5.02 Å². The summed E-state index contributed by atoms with van der Waals surface area (Å²) in [5, 5.41) is 0.510. The summed E-state index contributed by atoms with van der Waals surface area (Å²) in [5.74, 6) is -1.46. The molecule has 0 spiro atoms. The minimum absolute atomic E-state index is 0.149. The number of rotatable bonds is 5. The van der Waals surface area contributed by atoms with E-state index in [1.807, 2.05) is 12.1 Å². The number of hydrogen-bond acceptors (Lipinski definition) is 0. The Balaban J connectivity index is 2.49. The van der Waals surface area contributed by atoms with Gasteiger partial charge in [-0.1, -0.05) is 41.9 Å². The first-order valence-electron chi connectivity index (χ1n) is 6.34. The predicted octanol–water partition coefficient (Wildman–Crippen LogP) is 5.58. The van der Waals surface area contributed by atoms with Gasteiger partial charge in [0.2, 0.25) is 0 Å². The van der Waals surface area contributed by atoms with E-state index in [1.54, 1.807) is 12.1 Å². The van der Waals surface area contributed by atoms with Gasteiger partial charge >= 0.3 is 0 Å². The van der Waals surface area contributed by atoms with Gasteiger partial charge in [0.25, 0.3) is 0 Å². The van der Waals surface area contributed by atoms with Crippen molar-refractivity contribution in [3.8, 4) is 0 Å². The Morgan fingerprint density at radius 1 is 0.905 bits per heavy atom. The molecule has 0 atom stereocenters. The second-order valence-corrected chi connectivity index (χ2v) is 5.86. The van der Waals surface area contributed by atoms with Crippen LogP contribution in [0.4, 0.5) is 8.78 Å². The van der Waals surface area contributed by atoms with Crippen molar-refractivity contribution in [3.05, 3.63) is 70.2 Å². The molecule has 0 bridgehead atoms. The average molecular weight is 350 g/mol. The van der Waals surface area contributed by atoms with Crippen LogP contribution in [0.1, 0.15) is 11.1 Å². The topological polar surface area (TPSA) is 0 Å². The molecule has 0 heterocycles. The third-order valence-corrected chi connectivity index (χ3v) is 4.87. The lowest BCUT2D eigenvalue weighted by Gasteiger charge is -2.31. The first kappa shape index (κ1) is 16.5. The van der Waals surface area contributed by atoms with E-state index in [0.717, 1.165) is 11.6 Å². The van der Waals surface area contributed by atoms with Gasteiger partial charge in [-0.15, -0.1) is 23.2 Å². The largest absolute Gasteiger partial charge is 0.204 e. The molecular weight excluding hydrogens is 337 g/mol. The van der Waals surface area contributed by atoms with Crippen molar-refractivity contribution in [3.63, 3.8) is 0 Å². The van der Waals surface area contributed by atoms with Crippen LogP contribution in [0.5, 0.6) is 0 Å². The Morgan fingerprint density at radius 2 is 1.57 bits per heavy atom. The highest BCUT2D eigenvalue weighted by molar-refractivity contribution is 6.32. The highest BCUT2D eigenvalue weighted by Gasteiger charge is 2.34. The lowest BCUT2D eigenvalue weighted by molar-refractivity contribution is 0.472. The van der Waals surface area contributed by atoms with E-state index in [4.69, 9.17) is 34.8 Å². The summed E-state index contributed by atoms with van der Waals surface area (Å²) in [7, 11) is 0. The van der Waals surface area contributed by atoms with Gasteiger partial charge in [0.1, 0.15) is 0 Å². The molecule has 2 aromatic rings. The summed E-state index contributed by atoms with van der Waals surface area (Å²) in [6.45, 7) is 0. The molecular formula is C16H13Cl3F2. The van der Waals surface area contributed by atoms with Crippen molar-refractivity contribution in [1.29, 1.82) is 0 Å². The molecule has 2 aromatic carbocycles. The summed E-state index contributed by atoms with van der Waals surface area (Å²) >= 11 is 18.4. The SMILES string of the molecule is Fc1cccc(CC(CCl)(CCl)c2ccccc2Cl)c1F. The second kappa shape index (κ2) is 6.95. The Morgan fingerprint density at radius 3 is 2.19 bits per heavy atom. The van der Waals surface area contributed by atoms with E-state index in [-0.39, 0.29) is 23.7 Å². The lowest BCUT2D eigenvalue weighted by Crippen LogP contribution is -2.34. The smallest absolute Gasteiger partial charge is 0.162 e. The molecule has 0 nitrogen and oxygen atoms in total. The van der Waals surface area contributed by atoms with Crippen molar-refractivity contribution in [2.75, 3.05) is 11.8 Å². The fourth-order valence-electron chi connectivity index (χ4n) is 2.31. The van der Waals surface area contributed by atoms with Crippen LogP contribution in [0, 0.1) is 11.6 Å². The van der Waals surface area contributed by atoms with E-state index in [2.05, 4.69) is 0 Å². The third-order valence-electron chi connectivity index (χ3n) is 3.52. The Kier molecular flexibility index (Phi) is 5.48. The minimum Gasteiger partial charge on any atom is -0.204 e. The van der Waals surface area contributed by atoms with Crippen LogP contribution in [0.2, 0.25) is 5.02 Å². The van der Waals surface area contributed by atoms with Crippen molar-refractivity contribution < 1.29 is 8.78 Å². The summed E-state index contributed by atoms with van der Waals surface area (Å²) in [5.41, 5.74) is 0.215. The lowest BCUT2D eigenvalue weighted by atomic mass is 9.78. The van der Waals surface area contributed by atoms with E-state index < -0.39 is 17.0 Å². The van der Waals surface area contributed by atoms with Gasteiger partial charge in [0.15, 0.2) is 11.6 Å². The molecule has 0 aliphatic rings. The van der Waals surface area contributed by atoms with Gasteiger partial charge in [0, 0.05) is 22.2 Å². The third kappa shape index (κ3) is 3.33. The maximum Gasteiger partial charge on any atom is 0.162 e. The maximum absolute atomic E-state index is 13.9. The Labute approximate surface area is 137 Å². The van der Waals surface area contributed by atoms with Crippen molar-refractivity contribution in [1.82, 2.24) is 0 Å². The van der Waals surface area contributed by atoms with Crippen LogP contribution in [0.3, 0.4) is 0 Å². The van der Waals surface area contributed by atoms with Crippen molar-refractivity contribution in [2.24, 2.45) is 0 Å². The average Bonchev–Trinajstić information content (AvgIpc) is 2.50. The molecule has 0 aliphatic carbocycles. The number of hydrogen-bond donors (Lipinski definition) is 0. The number of halogens is 5. The molecule has 21 heavy (non-hydrogen) atoms. The van der Waals surface area contributed by atoms with Crippen LogP contribution in [-0.4, -0.2) is 11.8 Å². The zero-order valence-corrected chi connectivity index (χ0v) is 13.3. The Hall–Kier alpha value is -0.830. The fraction of sp³-hybridized carbons (Fsp3) is 0.250. The van der Waals surface area contributed by atoms with Gasteiger partial charge in [-0.05, 0) is 29.7 Å². The highest BCUT2D eigenvalue weighted by atomic mass is 35.5. The van der Waals surface area contributed by atoms with Crippen LogP contribution >= 0.6 is 34.8 Å². The Bertz CT molecular complexity index is 625. The molecule has 0 amide bonds.